The number of fused-ring (bicyclic) bond motifs is 1. The molecule has 1 atom stereocenters. The van der Waals surface area contributed by atoms with Crippen LogP contribution in [0.25, 0.3) is 0 Å². The summed E-state index contributed by atoms with van der Waals surface area (Å²) in [5.74, 6) is 0.120. The van der Waals surface area contributed by atoms with Crippen LogP contribution in [0.5, 0.6) is 0 Å². The zero-order valence-electron chi connectivity index (χ0n) is 12.7. The highest BCUT2D eigenvalue weighted by atomic mass is 16.6. The lowest BCUT2D eigenvalue weighted by Crippen LogP contribution is -2.34. The molecular weight excluding hydrogens is 268 g/mol. The largest absolute Gasteiger partial charge is 0.444 e. The standard InChI is InChI=1S/C16H22N2O3/c1-16(2,3)21-15(20)17-10-11-8-9-14(19)18-13-7-5-4-6-12(11)13/h4-7,11H,8-10H2,1-3H3,(H,17,20)(H,18,19). The summed E-state index contributed by atoms with van der Waals surface area (Å²) in [5.41, 5.74) is 1.37. The number of ether oxygens (including phenoxy) is 1. The van der Waals surface area contributed by atoms with Crippen molar-refractivity contribution < 1.29 is 14.3 Å². The van der Waals surface area contributed by atoms with E-state index in [-0.39, 0.29) is 11.8 Å². The molecule has 1 aromatic rings. The lowest BCUT2D eigenvalue weighted by molar-refractivity contribution is -0.116. The highest BCUT2D eigenvalue weighted by molar-refractivity contribution is 5.92. The minimum atomic E-state index is -0.511. The number of nitrogens with one attached hydrogen (secondary N) is 2. The fraction of sp³-hybridized carbons (Fsp3) is 0.500. The Morgan fingerprint density at radius 3 is 2.81 bits per heavy atom. The predicted molar refractivity (Wildman–Crippen MR) is 81.3 cm³/mol. The number of amides is 2. The van der Waals surface area contributed by atoms with Crippen molar-refractivity contribution in [1.29, 1.82) is 0 Å². The van der Waals surface area contributed by atoms with Gasteiger partial charge >= 0.3 is 6.09 Å². The molecule has 5 heteroatoms. The SMILES string of the molecule is CC(C)(C)OC(=O)NCC1CCC(=O)Nc2ccccc21. The van der Waals surface area contributed by atoms with Gasteiger partial charge in [0.2, 0.25) is 5.91 Å². The smallest absolute Gasteiger partial charge is 0.407 e. The average molecular weight is 290 g/mol. The molecule has 0 fully saturated rings. The number of carbonyl (C=O) groups is 2. The maximum Gasteiger partial charge on any atom is 0.407 e. The summed E-state index contributed by atoms with van der Waals surface area (Å²) in [6.07, 6.45) is 0.733. The van der Waals surface area contributed by atoms with Crippen LogP contribution in [0.15, 0.2) is 24.3 Å². The van der Waals surface area contributed by atoms with E-state index in [9.17, 15) is 9.59 Å². The van der Waals surface area contributed by atoms with Gasteiger partial charge in [0, 0.05) is 24.6 Å². The first-order valence-corrected chi connectivity index (χ1v) is 7.21. The third-order valence-corrected chi connectivity index (χ3v) is 3.29. The molecule has 5 nitrogen and oxygen atoms in total. The van der Waals surface area contributed by atoms with E-state index in [4.69, 9.17) is 4.74 Å². The molecule has 1 aliphatic heterocycles. The van der Waals surface area contributed by atoms with Crippen LogP contribution in [0.4, 0.5) is 10.5 Å². The van der Waals surface area contributed by atoms with E-state index in [1.807, 2.05) is 45.0 Å². The Bertz CT molecular complexity index is 535. The van der Waals surface area contributed by atoms with Gasteiger partial charge in [0.05, 0.1) is 0 Å². The van der Waals surface area contributed by atoms with Gasteiger partial charge in [0.25, 0.3) is 0 Å². The highest BCUT2D eigenvalue weighted by Crippen LogP contribution is 2.30. The zero-order chi connectivity index (χ0) is 15.5. The number of rotatable bonds is 2. The van der Waals surface area contributed by atoms with Crippen LogP contribution in [0.2, 0.25) is 0 Å². The molecule has 0 aromatic heterocycles. The Labute approximate surface area is 125 Å². The number of anilines is 1. The molecule has 0 aliphatic carbocycles. The molecule has 1 heterocycles. The lowest BCUT2D eigenvalue weighted by atomic mass is 9.94. The lowest BCUT2D eigenvalue weighted by Gasteiger charge is -2.22. The second-order valence-corrected chi connectivity index (χ2v) is 6.25. The van der Waals surface area contributed by atoms with Crippen LogP contribution in [0.3, 0.4) is 0 Å². The molecule has 1 unspecified atom stereocenters. The van der Waals surface area contributed by atoms with E-state index in [1.165, 1.54) is 0 Å². The van der Waals surface area contributed by atoms with Crippen LogP contribution in [0, 0.1) is 0 Å². The third-order valence-electron chi connectivity index (χ3n) is 3.29. The molecule has 0 bridgehead atoms. The monoisotopic (exact) mass is 290 g/mol. The van der Waals surface area contributed by atoms with E-state index in [1.54, 1.807) is 0 Å². The van der Waals surface area contributed by atoms with Gasteiger partial charge in [-0.3, -0.25) is 4.79 Å². The van der Waals surface area contributed by atoms with Gasteiger partial charge in [-0.25, -0.2) is 4.79 Å². The Hall–Kier alpha value is -2.04. The van der Waals surface area contributed by atoms with E-state index < -0.39 is 11.7 Å². The summed E-state index contributed by atoms with van der Waals surface area (Å²) in [6, 6.07) is 7.71. The minimum Gasteiger partial charge on any atom is -0.444 e. The zero-order valence-corrected chi connectivity index (χ0v) is 12.7. The van der Waals surface area contributed by atoms with Crippen molar-refractivity contribution >= 4 is 17.7 Å². The highest BCUT2D eigenvalue weighted by Gasteiger charge is 2.23. The van der Waals surface area contributed by atoms with Crippen molar-refractivity contribution in [2.45, 2.75) is 45.1 Å². The van der Waals surface area contributed by atoms with Gasteiger partial charge in [-0.1, -0.05) is 18.2 Å². The Morgan fingerprint density at radius 1 is 1.38 bits per heavy atom. The molecule has 114 valence electrons. The number of hydrogen-bond donors (Lipinski definition) is 2. The van der Waals surface area contributed by atoms with Crippen molar-refractivity contribution in [2.75, 3.05) is 11.9 Å². The second-order valence-electron chi connectivity index (χ2n) is 6.25. The molecule has 21 heavy (non-hydrogen) atoms. The number of benzene rings is 1. The van der Waals surface area contributed by atoms with E-state index in [0.717, 1.165) is 11.3 Å². The molecule has 2 N–H and O–H groups in total. The van der Waals surface area contributed by atoms with Crippen molar-refractivity contribution in [2.24, 2.45) is 0 Å². The second kappa shape index (κ2) is 6.16. The predicted octanol–water partition coefficient (Wildman–Crippen LogP) is 3.03. The number of carbonyl (C=O) groups excluding carboxylic acids is 2. The Balaban J connectivity index is 2.03. The molecule has 0 radical (unpaired) electrons. The summed E-state index contributed by atoms with van der Waals surface area (Å²) in [4.78, 5) is 23.4. The first-order chi connectivity index (χ1) is 9.85. The summed E-state index contributed by atoms with van der Waals surface area (Å²) < 4.78 is 5.24. The molecule has 2 amide bonds. The topological polar surface area (TPSA) is 67.4 Å². The van der Waals surface area contributed by atoms with Crippen molar-refractivity contribution in [3.8, 4) is 0 Å². The van der Waals surface area contributed by atoms with Gasteiger partial charge in [0.1, 0.15) is 5.60 Å². The van der Waals surface area contributed by atoms with Crippen LogP contribution in [-0.4, -0.2) is 24.1 Å². The first kappa shape index (κ1) is 15.4. The maximum absolute atomic E-state index is 11.7. The fourth-order valence-electron chi connectivity index (χ4n) is 2.37. The molecule has 1 aliphatic rings. The molecular formula is C16H22N2O3. The van der Waals surface area contributed by atoms with E-state index in [2.05, 4.69) is 10.6 Å². The summed E-state index contributed by atoms with van der Waals surface area (Å²) in [6.45, 7) is 5.95. The van der Waals surface area contributed by atoms with Crippen molar-refractivity contribution in [1.82, 2.24) is 5.32 Å². The number of alkyl carbamates (subject to hydrolysis) is 1. The summed E-state index contributed by atoms with van der Waals surface area (Å²) >= 11 is 0. The van der Waals surface area contributed by atoms with Crippen LogP contribution < -0.4 is 10.6 Å². The quantitative estimate of drug-likeness (QED) is 0.879. The van der Waals surface area contributed by atoms with Crippen molar-refractivity contribution in [3.63, 3.8) is 0 Å². The van der Waals surface area contributed by atoms with Gasteiger partial charge in [-0.15, -0.1) is 0 Å². The van der Waals surface area contributed by atoms with Crippen LogP contribution in [0.1, 0.15) is 45.1 Å². The number of para-hydroxylation sites is 1. The summed E-state index contributed by atoms with van der Waals surface area (Å²) in [7, 11) is 0. The third kappa shape index (κ3) is 4.48. The molecule has 2 rings (SSSR count). The Kier molecular flexibility index (Phi) is 4.50. The average Bonchev–Trinajstić information content (AvgIpc) is 2.53. The minimum absolute atomic E-state index is 0.0159. The Morgan fingerprint density at radius 2 is 2.10 bits per heavy atom. The summed E-state index contributed by atoms with van der Waals surface area (Å²) in [5, 5.41) is 5.69. The first-order valence-electron chi connectivity index (χ1n) is 7.21. The normalized spacial score (nSPS) is 18.2. The van der Waals surface area contributed by atoms with Gasteiger partial charge in [-0.2, -0.15) is 0 Å². The fourth-order valence-corrected chi connectivity index (χ4v) is 2.37. The van der Waals surface area contributed by atoms with Gasteiger partial charge in [0.15, 0.2) is 0 Å². The van der Waals surface area contributed by atoms with Gasteiger partial charge < -0.3 is 15.4 Å². The molecule has 0 saturated heterocycles. The molecule has 1 aromatic carbocycles. The van der Waals surface area contributed by atoms with Crippen LogP contribution in [-0.2, 0) is 9.53 Å². The van der Waals surface area contributed by atoms with Crippen molar-refractivity contribution in [3.05, 3.63) is 29.8 Å². The number of hydrogen-bond acceptors (Lipinski definition) is 3. The molecule has 0 saturated carbocycles. The maximum atomic E-state index is 11.7. The van der Waals surface area contributed by atoms with Crippen LogP contribution >= 0.6 is 0 Å². The van der Waals surface area contributed by atoms with Gasteiger partial charge in [-0.05, 0) is 38.8 Å². The van der Waals surface area contributed by atoms with E-state index >= 15 is 0 Å². The van der Waals surface area contributed by atoms with E-state index in [0.29, 0.717) is 19.4 Å². The molecule has 0 spiro atoms.